The predicted octanol–water partition coefficient (Wildman–Crippen LogP) is 4.39. The molecule has 0 aliphatic heterocycles. The SMILES string of the molecule is CCCNC(c1ccsc1C)C(C)C(C)C. The molecule has 0 fully saturated rings. The molecule has 0 amide bonds. The Morgan fingerprint density at radius 2 is 2.00 bits per heavy atom. The molecule has 0 aliphatic carbocycles. The van der Waals surface area contributed by atoms with E-state index in [0.717, 1.165) is 6.54 Å². The van der Waals surface area contributed by atoms with Gasteiger partial charge in [-0.1, -0.05) is 27.7 Å². The summed E-state index contributed by atoms with van der Waals surface area (Å²) < 4.78 is 0. The minimum absolute atomic E-state index is 0.520. The summed E-state index contributed by atoms with van der Waals surface area (Å²) in [5, 5.41) is 5.91. The number of thiophene rings is 1. The average molecular weight is 239 g/mol. The first kappa shape index (κ1) is 13.7. The zero-order chi connectivity index (χ0) is 12.1. The molecule has 0 aliphatic rings. The van der Waals surface area contributed by atoms with Crippen LogP contribution in [-0.2, 0) is 0 Å². The minimum Gasteiger partial charge on any atom is -0.310 e. The van der Waals surface area contributed by atoms with Gasteiger partial charge in [-0.25, -0.2) is 0 Å². The van der Waals surface area contributed by atoms with E-state index in [2.05, 4.69) is 51.4 Å². The second kappa shape index (κ2) is 6.41. The molecule has 1 aromatic heterocycles. The van der Waals surface area contributed by atoms with Crippen LogP contribution in [-0.4, -0.2) is 6.54 Å². The van der Waals surface area contributed by atoms with E-state index in [9.17, 15) is 0 Å². The molecule has 2 heteroatoms. The third-order valence-corrected chi connectivity index (χ3v) is 4.29. The number of hydrogen-bond donors (Lipinski definition) is 1. The van der Waals surface area contributed by atoms with Crippen molar-refractivity contribution >= 4 is 11.3 Å². The van der Waals surface area contributed by atoms with Crippen LogP contribution < -0.4 is 5.32 Å². The maximum Gasteiger partial charge on any atom is 0.0359 e. The van der Waals surface area contributed by atoms with Crippen LogP contribution in [0.1, 0.15) is 50.6 Å². The highest BCUT2D eigenvalue weighted by Crippen LogP contribution is 2.31. The lowest BCUT2D eigenvalue weighted by molar-refractivity contribution is 0.303. The molecule has 0 spiro atoms. The second-order valence-corrected chi connectivity index (χ2v) is 6.09. The second-order valence-electron chi connectivity index (χ2n) is 4.97. The summed E-state index contributed by atoms with van der Waals surface area (Å²) in [4.78, 5) is 1.46. The summed E-state index contributed by atoms with van der Waals surface area (Å²) >= 11 is 1.86. The van der Waals surface area contributed by atoms with Gasteiger partial charge in [0.1, 0.15) is 0 Å². The van der Waals surface area contributed by atoms with Crippen molar-refractivity contribution in [1.29, 1.82) is 0 Å². The summed E-state index contributed by atoms with van der Waals surface area (Å²) in [6.45, 7) is 12.5. The van der Waals surface area contributed by atoms with Gasteiger partial charge in [0.2, 0.25) is 0 Å². The Balaban J connectivity index is 2.83. The van der Waals surface area contributed by atoms with Crippen molar-refractivity contribution in [3.63, 3.8) is 0 Å². The Labute approximate surface area is 104 Å². The number of rotatable bonds is 6. The van der Waals surface area contributed by atoms with E-state index in [0.29, 0.717) is 17.9 Å². The van der Waals surface area contributed by atoms with Crippen molar-refractivity contribution in [2.24, 2.45) is 11.8 Å². The van der Waals surface area contributed by atoms with Gasteiger partial charge in [0.05, 0.1) is 0 Å². The lowest BCUT2D eigenvalue weighted by Gasteiger charge is -2.28. The molecule has 2 atom stereocenters. The molecule has 0 saturated heterocycles. The van der Waals surface area contributed by atoms with Crippen LogP contribution in [0.4, 0.5) is 0 Å². The molecule has 16 heavy (non-hydrogen) atoms. The Kier molecular flexibility index (Phi) is 5.50. The van der Waals surface area contributed by atoms with Gasteiger partial charge in [-0.3, -0.25) is 0 Å². The fourth-order valence-corrected chi connectivity index (χ4v) is 2.73. The van der Waals surface area contributed by atoms with Crippen molar-refractivity contribution in [3.8, 4) is 0 Å². The highest BCUT2D eigenvalue weighted by Gasteiger charge is 2.23. The van der Waals surface area contributed by atoms with Crippen LogP contribution in [0.5, 0.6) is 0 Å². The van der Waals surface area contributed by atoms with Crippen LogP contribution in [0.25, 0.3) is 0 Å². The molecule has 92 valence electrons. The first-order chi connectivity index (χ1) is 7.57. The van der Waals surface area contributed by atoms with E-state index >= 15 is 0 Å². The quantitative estimate of drug-likeness (QED) is 0.776. The molecule has 0 bridgehead atoms. The first-order valence-electron chi connectivity index (χ1n) is 6.35. The van der Waals surface area contributed by atoms with Gasteiger partial charge in [0.15, 0.2) is 0 Å². The Bertz CT molecular complexity index is 303. The molecule has 1 aromatic rings. The zero-order valence-electron chi connectivity index (χ0n) is 11.2. The van der Waals surface area contributed by atoms with Crippen LogP contribution >= 0.6 is 11.3 Å². The van der Waals surface area contributed by atoms with Gasteiger partial charge in [0.25, 0.3) is 0 Å². The van der Waals surface area contributed by atoms with Crippen molar-refractivity contribution < 1.29 is 0 Å². The van der Waals surface area contributed by atoms with Crippen LogP contribution in [0.3, 0.4) is 0 Å². The Morgan fingerprint density at radius 1 is 1.31 bits per heavy atom. The Morgan fingerprint density at radius 3 is 2.44 bits per heavy atom. The van der Waals surface area contributed by atoms with Gasteiger partial charge in [0, 0.05) is 10.9 Å². The number of hydrogen-bond acceptors (Lipinski definition) is 2. The predicted molar refractivity (Wildman–Crippen MR) is 74.1 cm³/mol. The summed E-state index contributed by atoms with van der Waals surface area (Å²) in [5.41, 5.74) is 1.50. The normalized spacial score (nSPS) is 15.4. The van der Waals surface area contributed by atoms with E-state index in [1.807, 2.05) is 11.3 Å². The van der Waals surface area contributed by atoms with Crippen LogP contribution in [0, 0.1) is 18.8 Å². The van der Waals surface area contributed by atoms with E-state index < -0.39 is 0 Å². The fraction of sp³-hybridized carbons (Fsp3) is 0.714. The van der Waals surface area contributed by atoms with Crippen molar-refractivity contribution in [2.45, 2.75) is 47.1 Å². The molecule has 0 saturated carbocycles. The summed E-state index contributed by atoms with van der Waals surface area (Å²) in [6, 6.07) is 2.80. The average Bonchev–Trinajstić information content (AvgIpc) is 2.65. The van der Waals surface area contributed by atoms with Gasteiger partial charge in [-0.15, -0.1) is 11.3 Å². The van der Waals surface area contributed by atoms with Crippen LogP contribution in [0.2, 0.25) is 0 Å². The summed E-state index contributed by atoms with van der Waals surface area (Å²) in [5.74, 6) is 1.40. The van der Waals surface area contributed by atoms with Crippen molar-refractivity contribution in [1.82, 2.24) is 5.32 Å². The molecule has 1 rings (SSSR count). The molecule has 0 aromatic carbocycles. The molecule has 0 radical (unpaired) electrons. The van der Waals surface area contributed by atoms with Crippen molar-refractivity contribution in [2.75, 3.05) is 6.54 Å². The lowest BCUT2D eigenvalue weighted by atomic mass is 9.86. The van der Waals surface area contributed by atoms with Gasteiger partial charge >= 0.3 is 0 Å². The van der Waals surface area contributed by atoms with E-state index in [1.165, 1.54) is 16.9 Å². The third kappa shape index (κ3) is 3.33. The maximum atomic E-state index is 3.70. The van der Waals surface area contributed by atoms with Crippen molar-refractivity contribution in [3.05, 3.63) is 21.9 Å². The largest absolute Gasteiger partial charge is 0.310 e. The minimum atomic E-state index is 0.520. The number of aryl methyl sites for hydroxylation is 1. The van der Waals surface area contributed by atoms with Gasteiger partial charge in [-0.2, -0.15) is 0 Å². The third-order valence-electron chi connectivity index (χ3n) is 3.43. The fourth-order valence-electron chi connectivity index (χ4n) is 1.98. The van der Waals surface area contributed by atoms with Gasteiger partial charge in [-0.05, 0) is 48.7 Å². The molecular weight excluding hydrogens is 214 g/mol. The monoisotopic (exact) mass is 239 g/mol. The Hall–Kier alpha value is -0.340. The molecule has 1 heterocycles. The highest BCUT2D eigenvalue weighted by molar-refractivity contribution is 7.10. The lowest BCUT2D eigenvalue weighted by Crippen LogP contribution is -2.30. The smallest absolute Gasteiger partial charge is 0.0359 e. The zero-order valence-corrected chi connectivity index (χ0v) is 12.0. The first-order valence-corrected chi connectivity index (χ1v) is 7.23. The summed E-state index contributed by atoms with van der Waals surface area (Å²) in [6.07, 6.45) is 1.20. The summed E-state index contributed by atoms with van der Waals surface area (Å²) in [7, 11) is 0. The van der Waals surface area contributed by atoms with E-state index in [-0.39, 0.29) is 0 Å². The standard InChI is InChI=1S/C14H25NS/c1-6-8-15-14(11(4)10(2)3)13-7-9-16-12(13)5/h7,9-11,14-15H,6,8H2,1-5H3. The molecular formula is C14H25NS. The molecule has 2 unspecified atom stereocenters. The van der Waals surface area contributed by atoms with Gasteiger partial charge < -0.3 is 5.32 Å². The van der Waals surface area contributed by atoms with E-state index in [4.69, 9.17) is 0 Å². The van der Waals surface area contributed by atoms with Crippen LogP contribution in [0.15, 0.2) is 11.4 Å². The highest BCUT2D eigenvalue weighted by atomic mass is 32.1. The maximum absolute atomic E-state index is 3.70. The topological polar surface area (TPSA) is 12.0 Å². The number of nitrogens with one attached hydrogen (secondary N) is 1. The molecule has 1 nitrogen and oxygen atoms in total. The van der Waals surface area contributed by atoms with E-state index in [1.54, 1.807) is 0 Å². The molecule has 1 N–H and O–H groups in total.